The second-order valence-corrected chi connectivity index (χ2v) is 6.25. The Morgan fingerprint density at radius 2 is 1.35 bits per heavy atom. The number of methoxy groups -OCH3 is 2. The number of aromatic nitrogens is 1. The maximum atomic E-state index is 5.29. The molecule has 4 rings (SSSR count). The summed E-state index contributed by atoms with van der Waals surface area (Å²) in [5, 5.41) is 1.24. The summed E-state index contributed by atoms with van der Waals surface area (Å²) in [5.41, 5.74) is 4.84. The summed E-state index contributed by atoms with van der Waals surface area (Å²) in [4.78, 5) is 0. The van der Waals surface area contributed by atoms with E-state index in [1.165, 1.54) is 27.7 Å². The van der Waals surface area contributed by atoms with E-state index in [1.807, 2.05) is 24.3 Å². The van der Waals surface area contributed by atoms with Crippen LogP contribution in [-0.4, -0.2) is 18.8 Å². The van der Waals surface area contributed by atoms with Gasteiger partial charge in [0.05, 0.1) is 14.2 Å². The van der Waals surface area contributed by atoms with Crippen molar-refractivity contribution in [3.63, 3.8) is 0 Å². The zero-order chi connectivity index (χ0) is 17.9. The minimum Gasteiger partial charge on any atom is -0.497 e. The van der Waals surface area contributed by atoms with Gasteiger partial charge in [0.2, 0.25) is 0 Å². The topological polar surface area (TPSA) is 23.4 Å². The van der Waals surface area contributed by atoms with Gasteiger partial charge in [-0.25, -0.2) is 0 Å². The maximum Gasteiger partial charge on any atom is 0.118 e. The molecule has 3 nitrogen and oxygen atoms in total. The molecule has 0 saturated heterocycles. The highest BCUT2D eigenvalue weighted by Gasteiger charge is 2.11. The van der Waals surface area contributed by atoms with Gasteiger partial charge in [0, 0.05) is 23.1 Å². The molecule has 0 saturated carbocycles. The van der Waals surface area contributed by atoms with Gasteiger partial charge in [-0.1, -0.05) is 30.3 Å². The Bertz CT molecular complexity index is 1010. The average molecular weight is 343 g/mol. The number of hydrogen-bond donors (Lipinski definition) is 0. The van der Waals surface area contributed by atoms with Gasteiger partial charge in [-0.2, -0.15) is 0 Å². The van der Waals surface area contributed by atoms with Crippen molar-refractivity contribution in [3.05, 3.63) is 84.4 Å². The van der Waals surface area contributed by atoms with Crippen molar-refractivity contribution in [1.29, 1.82) is 0 Å². The first kappa shape index (κ1) is 16.3. The monoisotopic (exact) mass is 343 g/mol. The highest BCUT2D eigenvalue weighted by molar-refractivity contribution is 5.87. The fourth-order valence-corrected chi connectivity index (χ4v) is 3.30. The molecule has 1 aromatic heterocycles. The minimum atomic E-state index is 0.804. The van der Waals surface area contributed by atoms with E-state index < -0.39 is 0 Å². The molecule has 0 amide bonds. The summed E-state index contributed by atoms with van der Waals surface area (Å²) in [6.07, 6.45) is 0. The largest absolute Gasteiger partial charge is 0.497 e. The van der Waals surface area contributed by atoms with Crippen LogP contribution in [0.2, 0.25) is 0 Å². The molecule has 26 heavy (non-hydrogen) atoms. The van der Waals surface area contributed by atoms with Crippen LogP contribution in [0.5, 0.6) is 11.5 Å². The van der Waals surface area contributed by atoms with Crippen LogP contribution in [0.25, 0.3) is 22.2 Å². The van der Waals surface area contributed by atoms with Crippen molar-refractivity contribution in [2.24, 2.45) is 0 Å². The lowest BCUT2D eigenvalue weighted by Crippen LogP contribution is -2.01. The van der Waals surface area contributed by atoms with Crippen LogP contribution >= 0.6 is 0 Å². The highest BCUT2D eigenvalue weighted by atomic mass is 16.5. The molecule has 0 aliphatic heterocycles. The zero-order valence-corrected chi connectivity index (χ0v) is 15.0. The normalized spacial score (nSPS) is 10.8. The summed E-state index contributed by atoms with van der Waals surface area (Å²) in [6.45, 7) is 0.804. The molecule has 4 aromatic rings. The lowest BCUT2D eigenvalue weighted by molar-refractivity contribution is 0.414. The van der Waals surface area contributed by atoms with Crippen molar-refractivity contribution in [3.8, 4) is 22.8 Å². The Hall–Kier alpha value is -3.20. The highest BCUT2D eigenvalue weighted by Crippen LogP contribution is 2.30. The van der Waals surface area contributed by atoms with Crippen LogP contribution in [0, 0.1) is 0 Å². The lowest BCUT2D eigenvalue weighted by atomic mass is 10.1. The molecule has 0 radical (unpaired) electrons. The fraction of sp³-hybridized carbons (Fsp3) is 0.130. The Morgan fingerprint density at radius 1 is 0.731 bits per heavy atom. The third kappa shape index (κ3) is 3.04. The number of nitrogens with zero attached hydrogens (tertiary/aromatic N) is 1. The predicted octanol–water partition coefficient (Wildman–Crippen LogP) is 5.37. The SMILES string of the molecule is COc1ccc(Cn2c(-c3ccc(OC)cc3)cc3ccccc32)cc1. The Morgan fingerprint density at radius 3 is 2.00 bits per heavy atom. The molecular weight excluding hydrogens is 322 g/mol. The predicted molar refractivity (Wildman–Crippen MR) is 106 cm³/mol. The molecular formula is C23H21NO2. The quantitative estimate of drug-likeness (QED) is 0.486. The van der Waals surface area contributed by atoms with Gasteiger partial charge >= 0.3 is 0 Å². The standard InChI is InChI=1S/C23H21NO2/c1-25-20-11-7-17(8-12-20)16-24-22-6-4-3-5-19(22)15-23(24)18-9-13-21(26-2)14-10-18/h3-15H,16H2,1-2H3. The van der Waals surface area contributed by atoms with Crippen LogP contribution < -0.4 is 9.47 Å². The fourth-order valence-electron chi connectivity index (χ4n) is 3.30. The minimum absolute atomic E-state index is 0.804. The van der Waals surface area contributed by atoms with E-state index in [-0.39, 0.29) is 0 Å². The first-order valence-electron chi connectivity index (χ1n) is 8.64. The van der Waals surface area contributed by atoms with Gasteiger partial charge in [0.1, 0.15) is 11.5 Å². The molecule has 0 spiro atoms. The van der Waals surface area contributed by atoms with Gasteiger partial charge in [-0.15, -0.1) is 0 Å². The van der Waals surface area contributed by atoms with Crippen molar-refractivity contribution in [2.45, 2.75) is 6.54 Å². The smallest absolute Gasteiger partial charge is 0.118 e. The van der Waals surface area contributed by atoms with E-state index in [1.54, 1.807) is 14.2 Å². The second-order valence-electron chi connectivity index (χ2n) is 6.25. The van der Waals surface area contributed by atoms with Crippen molar-refractivity contribution < 1.29 is 9.47 Å². The third-order valence-electron chi connectivity index (χ3n) is 4.70. The van der Waals surface area contributed by atoms with Crippen molar-refractivity contribution in [1.82, 2.24) is 4.57 Å². The summed E-state index contributed by atoms with van der Waals surface area (Å²) in [6, 6.07) is 27.2. The van der Waals surface area contributed by atoms with Crippen LogP contribution in [0.1, 0.15) is 5.56 Å². The number of benzene rings is 3. The van der Waals surface area contributed by atoms with Crippen molar-refractivity contribution >= 4 is 10.9 Å². The molecule has 3 aromatic carbocycles. The second kappa shape index (κ2) is 6.96. The van der Waals surface area contributed by atoms with Gasteiger partial charge in [-0.3, -0.25) is 0 Å². The number of fused-ring (bicyclic) bond motifs is 1. The van der Waals surface area contributed by atoms with Crippen molar-refractivity contribution in [2.75, 3.05) is 14.2 Å². The van der Waals surface area contributed by atoms with E-state index in [0.29, 0.717) is 0 Å². The summed E-state index contributed by atoms with van der Waals surface area (Å²) >= 11 is 0. The van der Waals surface area contributed by atoms with Crippen LogP contribution in [0.3, 0.4) is 0 Å². The maximum absolute atomic E-state index is 5.29. The van der Waals surface area contributed by atoms with Crippen LogP contribution in [0.4, 0.5) is 0 Å². The molecule has 0 fully saturated rings. The molecule has 0 unspecified atom stereocenters. The summed E-state index contributed by atoms with van der Waals surface area (Å²) < 4.78 is 12.9. The molecule has 0 aliphatic rings. The summed E-state index contributed by atoms with van der Waals surface area (Å²) in [5.74, 6) is 1.74. The number of hydrogen-bond acceptors (Lipinski definition) is 2. The molecule has 0 atom stereocenters. The van der Waals surface area contributed by atoms with Gasteiger partial charge in [0.25, 0.3) is 0 Å². The number of para-hydroxylation sites is 1. The molecule has 3 heteroatoms. The van der Waals surface area contributed by atoms with E-state index in [4.69, 9.17) is 9.47 Å². The summed E-state index contributed by atoms with van der Waals surface area (Å²) in [7, 11) is 3.38. The number of rotatable bonds is 5. The van der Waals surface area contributed by atoms with Gasteiger partial charge < -0.3 is 14.0 Å². The molecule has 0 aliphatic carbocycles. The number of ether oxygens (including phenoxy) is 2. The lowest BCUT2D eigenvalue weighted by Gasteiger charge is -2.12. The third-order valence-corrected chi connectivity index (χ3v) is 4.70. The van der Waals surface area contributed by atoms with E-state index in [9.17, 15) is 0 Å². The Balaban J connectivity index is 1.80. The van der Waals surface area contributed by atoms with E-state index in [2.05, 4.69) is 59.2 Å². The Kier molecular flexibility index (Phi) is 4.36. The molecule has 0 N–H and O–H groups in total. The van der Waals surface area contributed by atoms with Crippen LogP contribution in [-0.2, 0) is 6.54 Å². The zero-order valence-electron chi connectivity index (χ0n) is 15.0. The molecule has 0 bridgehead atoms. The van der Waals surface area contributed by atoms with Crippen LogP contribution in [0.15, 0.2) is 78.9 Å². The van der Waals surface area contributed by atoms with Gasteiger partial charge in [-0.05, 0) is 59.7 Å². The first-order valence-corrected chi connectivity index (χ1v) is 8.64. The Labute approximate surface area is 153 Å². The molecule has 1 heterocycles. The van der Waals surface area contributed by atoms with E-state index >= 15 is 0 Å². The first-order chi connectivity index (χ1) is 12.8. The van der Waals surface area contributed by atoms with Gasteiger partial charge in [0.15, 0.2) is 0 Å². The molecule has 130 valence electrons. The van der Waals surface area contributed by atoms with E-state index in [0.717, 1.165) is 18.0 Å². The average Bonchev–Trinajstić information content (AvgIpc) is 3.07.